The summed E-state index contributed by atoms with van der Waals surface area (Å²) in [6.07, 6.45) is 4.60. The van der Waals surface area contributed by atoms with Gasteiger partial charge in [0, 0.05) is 22.8 Å². The zero-order valence-corrected chi connectivity index (χ0v) is 8.91. The summed E-state index contributed by atoms with van der Waals surface area (Å²) < 4.78 is 0.985. The molecule has 0 radical (unpaired) electrons. The number of carbonyl (C=O) groups is 1. The topological polar surface area (TPSA) is 30.0 Å². The third kappa shape index (κ3) is 1.80. The molecule has 0 aromatic carbocycles. The number of pyridine rings is 1. The fourth-order valence-corrected chi connectivity index (χ4v) is 2.03. The van der Waals surface area contributed by atoms with Gasteiger partial charge in [-0.2, -0.15) is 0 Å². The molecule has 1 fully saturated rings. The Bertz CT molecular complexity index is 351. The van der Waals surface area contributed by atoms with E-state index in [1.807, 2.05) is 12.3 Å². The zero-order valence-electron chi connectivity index (χ0n) is 7.33. The van der Waals surface area contributed by atoms with Crippen molar-refractivity contribution >= 4 is 21.7 Å². The van der Waals surface area contributed by atoms with Crippen molar-refractivity contribution in [3.63, 3.8) is 0 Å². The first-order valence-corrected chi connectivity index (χ1v) is 5.08. The third-order valence-electron chi connectivity index (χ3n) is 2.47. The van der Waals surface area contributed by atoms with E-state index >= 15 is 0 Å². The van der Waals surface area contributed by atoms with Crippen molar-refractivity contribution in [1.29, 1.82) is 0 Å². The van der Waals surface area contributed by atoms with Gasteiger partial charge in [0.25, 0.3) is 0 Å². The maximum absolute atomic E-state index is 11.0. The highest BCUT2D eigenvalue weighted by molar-refractivity contribution is 9.10. The lowest BCUT2D eigenvalue weighted by molar-refractivity contribution is -0.118. The summed E-state index contributed by atoms with van der Waals surface area (Å²) in [5.41, 5.74) is 1.18. The molecule has 0 amide bonds. The Kier molecular flexibility index (Phi) is 2.20. The highest BCUT2D eigenvalue weighted by Crippen LogP contribution is 2.47. The van der Waals surface area contributed by atoms with E-state index < -0.39 is 0 Å². The Morgan fingerprint density at radius 3 is 2.92 bits per heavy atom. The Hall–Kier alpha value is -0.700. The molecule has 0 N–H and O–H groups in total. The maximum atomic E-state index is 11.0. The monoisotopic (exact) mass is 239 g/mol. The molecule has 2 atom stereocenters. The van der Waals surface area contributed by atoms with Crippen LogP contribution in [0.5, 0.6) is 0 Å². The van der Waals surface area contributed by atoms with Crippen molar-refractivity contribution in [2.75, 3.05) is 0 Å². The highest BCUT2D eigenvalue weighted by atomic mass is 79.9. The van der Waals surface area contributed by atoms with Gasteiger partial charge in [0.15, 0.2) is 0 Å². The van der Waals surface area contributed by atoms with Crippen LogP contribution in [0, 0.1) is 5.92 Å². The number of hydrogen-bond donors (Lipinski definition) is 0. The first-order chi connectivity index (χ1) is 6.18. The summed E-state index contributed by atoms with van der Waals surface area (Å²) in [5.74, 6) is 0.962. The van der Waals surface area contributed by atoms with Gasteiger partial charge in [-0.25, -0.2) is 0 Å². The second kappa shape index (κ2) is 3.22. The number of rotatable bonds is 2. The molecule has 1 aliphatic rings. The van der Waals surface area contributed by atoms with Crippen LogP contribution in [-0.4, -0.2) is 10.8 Å². The molecule has 1 heterocycles. The van der Waals surface area contributed by atoms with Gasteiger partial charge in [0.2, 0.25) is 0 Å². The Morgan fingerprint density at radius 1 is 1.62 bits per heavy atom. The van der Waals surface area contributed by atoms with Gasteiger partial charge in [-0.15, -0.1) is 0 Å². The molecule has 0 bridgehead atoms. The van der Waals surface area contributed by atoms with Crippen molar-refractivity contribution < 1.29 is 4.79 Å². The van der Waals surface area contributed by atoms with Crippen LogP contribution in [0.1, 0.15) is 24.8 Å². The summed E-state index contributed by atoms with van der Waals surface area (Å²) in [7, 11) is 0. The third-order valence-corrected chi connectivity index (χ3v) is 2.90. The number of hydrogen-bond acceptors (Lipinski definition) is 2. The summed E-state index contributed by atoms with van der Waals surface area (Å²) in [6.45, 7) is 1.66. The smallest absolute Gasteiger partial charge is 0.133 e. The van der Waals surface area contributed by atoms with Gasteiger partial charge < -0.3 is 0 Å². The quantitative estimate of drug-likeness (QED) is 0.795. The molecule has 1 aliphatic carbocycles. The normalized spacial score (nSPS) is 25.7. The zero-order chi connectivity index (χ0) is 9.42. The van der Waals surface area contributed by atoms with Crippen molar-refractivity contribution in [3.8, 4) is 0 Å². The van der Waals surface area contributed by atoms with E-state index in [0.717, 1.165) is 10.9 Å². The second-order valence-electron chi connectivity index (χ2n) is 3.50. The molecule has 3 heteroatoms. The van der Waals surface area contributed by atoms with Crippen LogP contribution in [-0.2, 0) is 4.79 Å². The van der Waals surface area contributed by atoms with Crippen LogP contribution in [0.25, 0.3) is 0 Å². The first kappa shape index (κ1) is 8.88. The SMILES string of the molecule is CC(=O)C1CC1c1cncc(Br)c1. The maximum Gasteiger partial charge on any atom is 0.133 e. The molecule has 0 spiro atoms. The summed E-state index contributed by atoms with van der Waals surface area (Å²) >= 11 is 3.37. The fraction of sp³-hybridized carbons (Fsp3) is 0.400. The van der Waals surface area contributed by atoms with E-state index in [2.05, 4.69) is 20.9 Å². The van der Waals surface area contributed by atoms with Crippen molar-refractivity contribution in [3.05, 3.63) is 28.5 Å². The van der Waals surface area contributed by atoms with Gasteiger partial charge in [-0.3, -0.25) is 9.78 Å². The minimum absolute atomic E-state index is 0.246. The molecule has 0 saturated heterocycles. The number of carbonyl (C=O) groups excluding carboxylic acids is 1. The Labute approximate surface area is 85.5 Å². The van der Waals surface area contributed by atoms with Crippen LogP contribution in [0.15, 0.2) is 22.9 Å². The molecular weight excluding hydrogens is 230 g/mol. The molecule has 68 valence electrons. The molecule has 2 unspecified atom stereocenters. The predicted molar refractivity (Wildman–Crippen MR) is 53.5 cm³/mol. The lowest BCUT2D eigenvalue weighted by atomic mass is 10.1. The van der Waals surface area contributed by atoms with E-state index in [1.54, 1.807) is 13.1 Å². The van der Waals surface area contributed by atoms with Crippen LogP contribution in [0.3, 0.4) is 0 Å². The van der Waals surface area contributed by atoms with Crippen molar-refractivity contribution in [2.24, 2.45) is 5.92 Å². The lowest BCUT2D eigenvalue weighted by Crippen LogP contribution is -1.94. The lowest BCUT2D eigenvalue weighted by Gasteiger charge is -1.97. The Morgan fingerprint density at radius 2 is 2.38 bits per heavy atom. The molecule has 1 aromatic rings. The van der Waals surface area contributed by atoms with E-state index in [0.29, 0.717) is 11.7 Å². The van der Waals surface area contributed by atoms with Crippen LogP contribution < -0.4 is 0 Å². The van der Waals surface area contributed by atoms with Crippen molar-refractivity contribution in [1.82, 2.24) is 4.98 Å². The number of Topliss-reactive ketones (excluding diaryl/α,β-unsaturated/α-hetero) is 1. The largest absolute Gasteiger partial charge is 0.300 e. The average Bonchev–Trinajstić information content (AvgIpc) is 2.82. The van der Waals surface area contributed by atoms with Gasteiger partial charge in [-0.05, 0) is 46.8 Å². The van der Waals surface area contributed by atoms with Gasteiger partial charge in [0.1, 0.15) is 5.78 Å². The van der Waals surface area contributed by atoms with Crippen LogP contribution in [0.4, 0.5) is 0 Å². The van der Waals surface area contributed by atoms with E-state index in [1.165, 1.54) is 5.56 Å². The molecular formula is C10H10BrNO. The highest BCUT2D eigenvalue weighted by Gasteiger charge is 2.41. The molecule has 2 nitrogen and oxygen atoms in total. The standard InChI is InChI=1S/C10H10BrNO/c1-6(13)9-3-10(9)7-2-8(11)5-12-4-7/h2,4-5,9-10H,3H2,1H3. The molecule has 13 heavy (non-hydrogen) atoms. The molecule has 1 aromatic heterocycles. The first-order valence-electron chi connectivity index (χ1n) is 4.29. The van der Waals surface area contributed by atoms with Gasteiger partial charge in [-0.1, -0.05) is 0 Å². The second-order valence-corrected chi connectivity index (χ2v) is 4.41. The number of ketones is 1. The van der Waals surface area contributed by atoms with Crippen molar-refractivity contribution in [2.45, 2.75) is 19.3 Å². The minimum Gasteiger partial charge on any atom is -0.300 e. The van der Waals surface area contributed by atoms with E-state index in [9.17, 15) is 4.79 Å². The number of nitrogens with zero attached hydrogens (tertiary/aromatic N) is 1. The summed E-state index contributed by atoms with van der Waals surface area (Å²) in [6, 6.07) is 2.04. The van der Waals surface area contributed by atoms with Crippen LogP contribution in [0.2, 0.25) is 0 Å². The van der Waals surface area contributed by atoms with Gasteiger partial charge in [0.05, 0.1) is 0 Å². The van der Waals surface area contributed by atoms with E-state index in [4.69, 9.17) is 0 Å². The van der Waals surface area contributed by atoms with Crippen LogP contribution >= 0.6 is 15.9 Å². The fourth-order valence-electron chi connectivity index (χ4n) is 1.64. The predicted octanol–water partition coefficient (Wildman–Crippen LogP) is 2.54. The van der Waals surface area contributed by atoms with Gasteiger partial charge >= 0.3 is 0 Å². The summed E-state index contributed by atoms with van der Waals surface area (Å²) in [5, 5.41) is 0. The summed E-state index contributed by atoms with van der Waals surface area (Å²) in [4.78, 5) is 15.1. The Balaban J connectivity index is 2.16. The molecule has 2 rings (SSSR count). The number of halogens is 1. The molecule has 0 aliphatic heterocycles. The number of aromatic nitrogens is 1. The average molecular weight is 240 g/mol. The van der Waals surface area contributed by atoms with E-state index in [-0.39, 0.29) is 5.92 Å². The minimum atomic E-state index is 0.246. The molecule has 1 saturated carbocycles.